The summed E-state index contributed by atoms with van der Waals surface area (Å²) in [6, 6.07) is 3.47. The first-order valence-corrected chi connectivity index (χ1v) is 6.09. The quantitative estimate of drug-likeness (QED) is 0.713. The van der Waals surface area contributed by atoms with Crippen LogP contribution in [0.15, 0.2) is 18.3 Å². The van der Waals surface area contributed by atoms with E-state index in [0.717, 1.165) is 24.7 Å². The van der Waals surface area contributed by atoms with Gasteiger partial charge < -0.3 is 11.1 Å². The third-order valence-corrected chi connectivity index (χ3v) is 2.56. The molecular weight excluding hydrogens is 214 g/mol. The Balaban J connectivity index is 2.25. The maximum Gasteiger partial charge on any atom is 0.250 e. The summed E-state index contributed by atoms with van der Waals surface area (Å²) in [5.74, 6) is 1.11. The number of carbonyl (C=O) groups is 1. The van der Waals surface area contributed by atoms with Crippen LogP contribution in [0.3, 0.4) is 0 Å². The Labute approximate surface area is 103 Å². The van der Waals surface area contributed by atoms with Gasteiger partial charge in [0.15, 0.2) is 0 Å². The number of aromatic nitrogens is 1. The number of primary amides is 1. The number of nitrogens with two attached hydrogens (primary N) is 1. The summed E-state index contributed by atoms with van der Waals surface area (Å²) in [5, 5.41) is 3.22. The molecule has 0 spiro atoms. The molecule has 1 rings (SSSR count). The topological polar surface area (TPSA) is 68.0 Å². The van der Waals surface area contributed by atoms with E-state index in [0.29, 0.717) is 5.56 Å². The van der Waals surface area contributed by atoms with Crippen molar-refractivity contribution in [3.05, 3.63) is 23.9 Å². The van der Waals surface area contributed by atoms with Crippen LogP contribution in [0.2, 0.25) is 0 Å². The van der Waals surface area contributed by atoms with Gasteiger partial charge in [-0.3, -0.25) is 4.79 Å². The molecule has 1 amide bonds. The number of hydrogen-bond donors (Lipinski definition) is 2. The highest BCUT2D eigenvalue weighted by molar-refractivity contribution is 5.92. The molecule has 0 fully saturated rings. The molecule has 0 bridgehead atoms. The molecule has 0 unspecified atom stereocenters. The van der Waals surface area contributed by atoms with Crippen molar-refractivity contribution >= 4 is 11.7 Å². The number of nitrogens with one attached hydrogen (secondary N) is 1. The molecule has 0 radical (unpaired) electrons. The summed E-state index contributed by atoms with van der Waals surface area (Å²) in [5.41, 5.74) is 5.57. The minimum atomic E-state index is -0.444. The molecule has 0 saturated carbocycles. The number of nitrogens with zero attached hydrogens (tertiary/aromatic N) is 1. The number of unbranched alkanes of at least 4 members (excludes halogenated alkanes) is 1. The number of anilines is 1. The van der Waals surface area contributed by atoms with Crippen molar-refractivity contribution in [1.29, 1.82) is 0 Å². The normalized spacial score (nSPS) is 10.5. The van der Waals surface area contributed by atoms with E-state index in [1.807, 2.05) is 0 Å². The van der Waals surface area contributed by atoms with E-state index in [1.165, 1.54) is 19.0 Å². The van der Waals surface area contributed by atoms with E-state index < -0.39 is 5.91 Å². The van der Waals surface area contributed by atoms with E-state index in [1.54, 1.807) is 12.1 Å². The molecule has 4 nitrogen and oxygen atoms in total. The van der Waals surface area contributed by atoms with Crippen LogP contribution in [-0.2, 0) is 0 Å². The van der Waals surface area contributed by atoms with Crippen LogP contribution in [0, 0.1) is 5.92 Å². The predicted molar refractivity (Wildman–Crippen MR) is 69.9 cm³/mol. The van der Waals surface area contributed by atoms with Crippen LogP contribution in [0.5, 0.6) is 0 Å². The first-order valence-electron chi connectivity index (χ1n) is 6.09. The van der Waals surface area contributed by atoms with Crippen molar-refractivity contribution in [3.63, 3.8) is 0 Å². The second-order valence-electron chi connectivity index (χ2n) is 4.61. The average Bonchev–Trinajstić information content (AvgIpc) is 2.29. The van der Waals surface area contributed by atoms with Gasteiger partial charge in [0, 0.05) is 12.7 Å². The fourth-order valence-corrected chi connectivity index (χ4v) is 1.54. The monoisotopic (exact) mass is 235 g/mol. The maximum atomic E-state index is 10.8. The van der Waals surface area contributed by atoms with Crippen molar-refractivity contribution < 1.29 is 4.79 Å². The van der Waals surface area contributed by atoms with E-state index in [2.05, 4.69) is 24.1 Å². The van der Waals surface area contributed by atoms with Crippen molar-refractivity contribution in [2.45, 2.75) is 33.1 Å². The molecule has 1 aromatic heterocycles. The number of pyridine rings is 1. The highest BCUT2D eigenvalue weighted by Crippen LogP contribution is 2.08. The zero-order valence-corrected chi connectivity index (χ0v) is 10.6. The van der Waals surface area contributed by atoms with Gasteiger partial charge in [-0.05, 0) is 24.5 Å². The zero-order chi connectivity index (χ0) is 12.7. The molecule has 0 saturated heterocycles. The summed E-state index contributed by atoms with van der Waals surface area (Å²) in [6.07, 6.45) is 5.12. The summed E-state index contributed by atoms with van der Waals surface area (Å²) < 4.78 is 0. The van der Waals surface area contributed by atoms with Crippen LogP contribution in [0.25, 0.3) is 0 Å². The Bertz CT molecular complexity index is 346. The molecule has 0 aliphatic rings. The molecule has 94 valence electrons. The second kappa shape index (κ2) is 6.89. The van der Waals surface area contributed by atoms with Crippen LogP contribution in [0.4, 0.5) is 5.82 Å². The lowest BCUT2D eigenvalue weighted by Crippen LogP contribution is -2.11. The standard InChI is InChI=1S/C13H21N3O/c1-10(2)5-3-4-8-15-12-7-6-11(9-16-12)13(14)17/h6-7,9-10H,3-5,8H2,1-2H3,(H2,14,17)(H,15,16). The fourth-order valence-electron chi connectivity index (χ4n) is 1.54. The molecule has 0 aromatic carbocycles. The molecule has 17 heavy (non-hydrogen) atoms. The minimum Gasteiger partial charge on any atom is -0.370 e. The van der Waals surface area contributed by atoms with Gasteiger partial charge in [-0.2, -0.15) is 0 Å². The Morgan fingerprint density at radius 2 is 2.18 bits per heavy atom. The average molecular weight is 235 g/mol. The van der Waals surface area contributed by atoms with E-state index in [9.17, 15) is 4.79 Å². The SMILES string of the molecule is CC(C)CCCCNc1ccc(C(N)=O)cn1. The molecule has 1 aromatic rings. The van der Waals surface area contributed by atoms with Crippen LogP contribution >= 0.6 is 0 Å². The first-order chi connectivity index (χ1) is 8.09. The molecule has 0 aliphatic carbocycles. The van der Waals surface area contributed by atoms with Crippen molar-refractivity contribution in [2.75, 3.05) is 11.9 Å². The molecular formula is C13H21N3O. The van der Waals surface area contributed by atoms with Gasteiger partial charge in [-0.15, -0.1) is 0 Å². The number of hydrogen-bond acceptors (Lipinski definition) is 3. The second-order valence-corrected chi connectivity index (χ2v) is 4.61. The zero-order valence-electron chi connectivity index (χ0n) is 10.6. The van der Waals surface area contributed by atoms with Crippen molar-refractivity contribution in [1.82, 2.24) is 4.98 Å². The lowest BCUT2D eigenvalue weighted by Gasteiger charge is -2.07. The van der Waals surface area contributed by atoms with E-state index in [-0.39, 0.29) is 0 Å². The molecule has 0 aliphatic heterocycles. The number of amides is 1. The third-order valence-electron chi connectivity index (χ3n) is 2.56. The summed E-state index contributed by atoms with van der Waals surface area (Å²) >= 11 is 0. The fraction of sp³-hybridized carbons (Fsp3) is 0.538. The van der Waals surface area contributed by atoms with E-state index in [4.69, 9.17) is 5.73 Å². The Morgan fingerprint density at radius 1 is 1.41 bits per heavy atom. The highest BCUT2D eigenvalue weighted by Gasteiger charge is 2.00. The van der Waals surface area contributed by atoms with Crippen molar-refractivity contribution in [3.8, 4) is 0 Å². The van der Waals surface area contributed by atoms with Crippen LogP contribution in [0.1, 0.15) is 43.5 Å². The molecule has 4 heteroatoms. The highest BCUT2D eigenvalue weighted by atomic mass is 16.1. The minimum absolute atomic E-state index is 0.440. The number of carbonyl (C=O) groups excluding carboxylic acids is 1. The van der Waals surface area contributed by atoms with Crippen molar-refractivity contribution in [2.24, 2.45) is 11.7 Å². The first kappa shape index (κ1) is 13.5. The largest absolute Gasteiger partial charge is 0.370 e. The Morgan fingerprint density at radius 3 is 2.71 bits per heavy atom. The molecule has 0 atom stereocenters. The smallest absolute Gasteiger partial charge is 0.250 e. The summed E-state index contributed by atoms with van der Waals surface area (Å²) in [4.78, 5) is 15.0. The lowest BCUT2D eigenvalue weighted by molar-refractivity contribution is 0.1000. The predicted octanol–water partition coefficient (Wildman–Crippen LogP) is 2.42. The molecule has 1 heterocycles. The summed E-state index contributed by atoms with van der Waals surface area (Å²) in [6.45, 7) is 5.38. The lowest BCUT2D eigenvalue weighted by atomic mass is 10.1. The Hall–Kier alpha value is -1.58. The van der Waals surface area contributed by atoms with Gasteiger partial charge in [0.25, 0.3) is 0 Å². The maximum absolute atomic E-state index is 10.8. The van der Waals surface area contributed by atoms with Crippen LogP contribution in [-0.4, -0.2) is 17.4 Å². The third kappa shape index (κ3) is 5.33. The molecule has 3 N–H and O–H groups in total. The van der Waals surface area contributed by atoms with Gasteiger partial charge in [0.2, 0.25) is 5.91 Å². The van der Waals surface area contributed by atoms with Gasteiger partial charge >= 0.3 is 0 Å². The number of rotatable bonds is 7. The van der Waals surface area contributed by atoms with Crippen LogP contribution < -0.4 is 11.1 Å². The van der Waals surface area contributed by atoms with Gasteiger partial charge in [-0.1, -0.05) is 26.7 Å². The summed E-state index contributed by atoms with van der Waals surface area (Å²) in [7, 11) is 0. The van der Waals surface area contributed by atoms with Gasteiger partial charge in [0.1, 0.15) is 5.82 Å². The Kier molecular flexibility index (Phi) is 5.46. The van der Waals surface area contributed by atoms with E-state index >= 15 is 0 Å². The van der Waals surface area contributed by atoms with Gasteiger partial charge in [0.05, 0.1) is 5.56 Å². The van der Waals surface area contributed by atoms with Gasteiger partial charge in [-0.25, -0.2) is 4.98 Å².